The molecule has 0 unspecified atom stereocenters. The van der Waals surface area contributed by atoms with Crippen molar-refractivity contribution in [3.63, 3.8) is 0 Å². The Morgan fingerprint density at radius 1 is 1.60 bits per heavy atom. The number of carboxylic acids is 1. The van der Waals surface area contributed by atoms with Crippen LogP contribution in [-0.4, -0.2) is 29.7 Å². The number of nitrogens with zero attached hydrogens (tertiary/aromatic N) is 1. The second-order valence-corrected chi connectivity index (χ2v) is 4.42. The number of rotatable bonds is 5. The Labute approximate surface area is 89.9 Å². The van der Waals surface area contributed by atoms with E-state index in [-0.39, 0.29) is 0 Å². The van der Waals surface area contributed by atoms with Crippen molar-refractivity contribution in [3.8, 4) is 0 Å². The molecule has 0 aromatic carbocycles. The van der Waals surface area contributed by atoms with E-state index in [4.69, 9.17) is 5.11 Å². The van der Waals surface area contributed by atoms with Crippen molar-refractivity contribution in [2.75, 3.05) is 18.5 Å². The molecule has 0 saturated carbocycles. The van der Waals surface area contributed by atoms with Gasteiger partial charge in [0.1, 0.15) is 5.82 Å². The molecule has 0 aliphatic heterocycles. The summed E-state index contributed by atoms with van der Waals surface area (Å²) in [4.78, 5) is 16.0. The van der Waals surface area contributed by atoms with Crippen molar-refractivity contribution < 1.29 is 9.90 Å². The molecule has 0 saturated heterocycles. The van der Waals surface area contributed by atoms with E-state index in [2.05, 4.69) is 4.98 Å². The van der Waals surface area contributed by atoms with Crippen LogP contribution in [0, 0.1) is 5.41 Å². The van der Waals surface area contributed by atoms with E-state index in [1.807, 2.05) is 30.3 Å². The molecule has 0 bridgehead atoms. The van der Waals surface area contributed by atoms with Crippen molar-refractivity contribution in [1.29, 1.82) is 0 Å². The van der Waals surface area contributed by atoms with Gasteiger partial charge in [-0.1, -0.05) is 0 Å². The molecule has 0 fully saturated rings. The van der Waals surface area contributed by atoms with Crippen molar-refractivity contribution >= 4 is 11.8 Å². The van der Waals surface area contributed by atoms with Crippen LogP contribution in [0.4, 0.5) is 5.82 Å². The molecule has 1 heterocycles. The van der Waals surface area contributed by atoms with Crippen LogP contribution in [0.2, 0.25) is 0 Å². The van der Waals surface area contributed by atoms with Crippen molar-refractivity contribution in [2.24, 2.45) is 5.41 Å². The minimum absolute atomic E-state index is 0.623. The number of nitrogens with one attached hydrogen (secondary N) is 1. The van der Waals surface area contributed by atoms with Gasteiger partial charge in [-0.05, 0) is 32.4 Å². The third-order valence-corrected chi connectivity index (χ3v) is 2.64. The van der Waals surface area contributed by atoms with E-state index in [0.29, 0.717) is 6.42 Å². The second kappa shape index (κ2) is 4.38. The molecule has 4 heteroatoms. The smallest absolute Gasteiger partial charge is 0.309 e. The van der Waals surface area contributed by atoms with Gasteiger partial charge in [0.2, 0.25) is 0 Å². The van der Waals surface area contributed by atoms with Gasteiger partial charge in [0.05, 0.1) is 5.41 Å². The summed E-state index contributed by atoms with van der Waals surface area (Å²) in [5.41, 5.74) is -0.666. The molecule has 0 aliphatic rings. The van der Waals surface area contributed by atoms with Crippen molar-refractivity contribution in [1.82, 2.24) is 4.98 Å². The van der Waals surface area contributed by atoms with Gasteiger partial charge in [-0.25, -0.2) is 0 Å². The summed E-state index contributed by atoms with van der Waals surface area (Å²) in [5, 5.41) is 8.96. The van der Waals surface area contributed by atoms with Gasteiger partial charge in [0.25, 0.3) is 0 Å². The number of aromatic nitrogens is 1. The van der Waals surface area contributed by atoms with Gasteiger partial charge >= 0.3 is 5.97 Å². The summed E-state index contributed by atoms with van der Waals surface area (Å²) >= 11 is 0. The summed E-state index contributed by atoms with van der Waals surface area (Å²) in [7, 11) is 1.95. The number of hydrogen-bond acceptors (Lipinski definition) is 2. The van der Waals surface area contributed by atoms with Crippen LogP contribution in [0.1, 0.15) is 20.3 Å². The van der Waals surface area contributed by atoms with Gasteiger partial charge in [-0.15, -0.1) is 0 Å². The lowest BCUT2D eigenvalue weighted by Gasteiger charge is -2.24. The van der Waals surface area contributed by atoms with Crippen LogP contribution in [0.25, 0.3) is 0 Å². The van der Waals surface area contributed by atoms with Gasteiger partial charge in [-0.3, -0.25) is 4.79 Å². The molecule has 84 valence electrons. The first-order valence-corrected chi connectivity index (χ1v) is 5.01. The highest BCUT2D eigenvalue weighted by Gasteiger charge is 2.27. The summed E-state index contributed by atoms with van der Waals surface area (Å²) in [6.07, 6.45) is 2.48. The van der Waals surface area contributed by atoms with E-state index < -0.39 is 11.4 Å². The zero-order valence-electron chi connectivity index (χ0n) is 9.45. The average Bonchev–Trinajstić information content (AvgIpc) is 2.66. The third-order valence-electron chi connectivity index (χ3n) is 2.64. The highest BCUT2D eigenvalue weighted by atomic mass is 16.4. The topological polar surface area (TPSA) is 56.3 Å². The molecule has 0 amide bonds. The molecule has 1 aromatic rings. The number of hydrogen-bond donors (Lipinski definition) is 2. The SMILES string of the molecule is CN(CCC(C)(C)C(=O)O)c1ccc[nH]1. The van der Waals surface area contributed by atoms with Crippen molar-refractivity contribution in [2.45, 2.75) is 20.3 Å². The third kappa shape index (κ3) is 3.01. The van der Waals surface area contributed by atoms with Crippen LogP contribution in [0.5, 0.6) is 0 Å². The van der Waals surface area contributed by atoms with Crippen LogP contribution >= 0.6 is 0 Å². The predicted octanol–water partition coefficient (Wildman–Crippen LogP) is 1.95. The number of carboxylic acid groups (broad SMARTS) is 1. The Morgan fingerprint density at radius 3 is 2.73 bits per heavy atom. The zero-order chi connectivity index (χ0) is 11.5. The van der Waals surface area contributed by atoms with E-state index in [1.54, 1.807) is 13.8 Å². The number of carbonyl (C=O) groups is 1. The van der Waals surface area contributed by atoms with Gasteiger partial charge in [0.15, 0.2) is 0 Å². The molecular formula is C11H18N2O2. The Bertz CT molecular complexity index is 317. The summed E-state index contributed by atoms with van der Waals surface area (Å²) in [6.45, 7) is 4.22. The number of H-pyrrole nitrogens is 1. The Kier molecular flexibility index (Phi) is 3.39. The highest BCUT2D eigenvalue weighted by molar-refractivity contribution is 5.73. The van der Waals surface area contributed by atoms with Crippen LogP contribution < -0.4 is 4.90 Å². The monoisotopic (exact) mass is 210 g/mol. The predicted molar refractivity (Wildman–Crippen MR) is 60.1 cm³/mol. The molecule has 15 heavy (non-hydrogen) atoms. The Morgan fingerprint density at radius 2 is 2.27 bits per heavy atom. The largest absolute Gasteiger partial charge is 0.481 e. The molecule has 0 aliphatic carbocycles. The first-order chi connectivity index (χ1) is 6.93. The van der Waals surface area contributed by atoms with E-state index in [1.165, 1.54) is 0 Å². The van der Waals surface area contributed by atoms with Gasteiger partial charge in [0, 0.05) is 19.8 Å². The second-order valence-electron chi connectivity index (χ2n) is 4.42. The zero-order valence-corrected chi connectivity index (χ0v) is 9.45. The molecule has 0 atom stereocenters. The minimum atomic E-state index is -0.748. The van der Waals surface area contributed by atoms with E-state index >= 15 is 0 Å². The van der Waals surface area contributed by atoms with Crippen molar-refractivity contribution in [3.05, 3.63) is 18.3 Å². The maximum atomic E-state index is 10.9. The lowest BCUT2D eigenvalue weighted by atomic mass is 9.89. The lowest BCUT2D eigenvalue weighted by molar-refractivity contribution is -0.147. The van der Waals surface area contributed by atoms with Crippen LogP contribution in [0.15, 0.2) is 18.3 Å². The Hall–Kier alpha value is -1.45. The number of anilines is 1. The van der Waals surface area contributed by atoms with Crippen LogP contribution in [0.3, 0.4) is 0 Å². The maximum absolute atomic E-state index is 10.9. The fourth-order valence-corrected chi connectivity index (χ4v) is 1.23. The van der Waals surface area contributed by atoms with Crippen LogP contribution in [-0.2, 0) is 4.79 Å². The molecule has 1 rings (SSSR count). The molecule has 0 spiro atoms. The normalized spacial score (nSPS) is 11.4. The highest BCUT2D eigenvalue weighted by Crippen LogP contribution is 2.21. The molecule has 0 radical (unpaired) electrons. The quantitative estimate of drug-likeness (QED) is 0.781. The molecule has 2 N–H and O–H groups in total. The van der Waals surface area contributed by atoms with Gasteiger partial charge in [-0.2, -0.15) is 0 Å². The fourth-order valence-electron chi connectivity index (χ4n) is 1.23. The Balaban J connectivity index is 2.47. The maximum Gasteiger partial charge on any atom is 0.309 e. The molecule has 4 nitrogen and oxygen atoms in total. The first kappa shape index (κ1) is 11.6. The summed E-state index contributed by atoms with van der Waals surface area (Å²) < 4.78 is 0. The molecular weight excluding hydrogens is 192 g/mol. The average molecular weight is 210 g/mol. The number of aliphatic carboxylic acids is 1. The minimum Gasteiger partial charge on any atom is -0.481 e. The lowest BCUT2D eigenvalue weighted by Crippen LogP contribution is -2.30. The van der Waals surface area contributed by atoms with E-state index in [0.717, 1.165) is 12.4 Å². The van der Waals surface area contributed by atoms with E-state index in [9.17, 15) is 4.79 Å². The summed E-state index contributed by atoms with van der Waals surface area (Å²) in [6, 6.07) is 3.89. The standard InChI is InChI=1S/C11H18N2O2/c1-11(2,10(14)15)6-8-13(3)9-5-4-7-12-9/h4-5,7,12H,6,8H2,1-3H3,(H,14,15). The summed E-state index contributed by atoms with van der Waals surface area (Å²) in [5.74, 6) is 0.263. The van der Waals surface area contributed by atoms with Gasteiger partial charge < -0.3 is 15.0 Å². The number of aromatic amines is 1. The first-order valence-electron chi connectivity index (χ1n) is 5.01. The molecule has 1 aromatic heterocycles. The fraction of sp³-hybridized carbons (Fsp3) is 0.545.